The fourth-order valence-electron chi connectivity index (χ4n) is 3.97. The average molecular weight is 449 g/mol. The smallest absolute Gasteiger partial charge is 0.219 e. The monoisotopic (exact) mass is 448 g/mol. The summed E-state index contributed by atoms with van der Waals surface area (Å²) in [6.07, 6.45) is 1.94. The second-order valence-corrected chi connectivity index (χ2v) is 7.98. The van der Waals surface area contributed by atoms with Crippen LogP contribution in [-0.4, -0.2) is 63.4 Å². The summed E-state index contributed by atoms with van der Waals surface area (Å²) >= 11 is 0. The van der Waals surface area contributed by atoms with E-state index in [4.69, 9.17) is 10.7 Å². The number of nitriles is 1. The van der Waals surface area contributed by atoms with Crippen molar-refractivity contribution in [2.75, 3.05) is 43.8 Å². The highest BCUT2D eigenvalue weighted by Crippen LogP contribution is 2.21. The molecule has 10 heteroatoms. The summed E-state index contributed by atoms with van der Waals surface area (Å²) < 4.78 is 13.8. The first kappa shape index (κ1) is 22.4. The molecule has 0 aliphatic carbocycles. The number of aromatic nitrogens is 3. The summed E-state index contributed by atoms with van der Waals surface area (Å²) in [6, 6.07) is 8.65. The van der Waals surface area contributed by atoms with Crippen molar-refractivity contribution in [2.45, 2.75) is 19.9 Å². The number of nitrogen functional groups attached to an aromatic ring is 1. The highest BCUT2D eigenvalue weighted by molar-refractivity contribution is 5.79. The van der Waals surface area contributed by atoms with Gasteiger partial charge in [-0.2, -0.15) is 5.26 Å². The number of amides is 1. The number of carbonyl (C=O) groups excluding carboxylic acids is 1. The summed E-state index contributed by atoms with van der Waals surface area (Å²) in [5, 5.41) is 13.3. The standard InChI is InChI=1S/C23H25FN8O/c1-15(33)32-8-6-31(7-9-32)13-21-17(10-16-2-3-18(24)11-20(16)30-21)4-5-27-23-19(12-25)22(26)28-14-29-23/h2-3,10-11,14H,4-9,13H2,1H3,(H3,26,27,28,29). The van der Waals surface area contributed by atoms with Crippen molar-refractivity contribution >= 4 is 28.4 Å². The predicted molar refractivity (Wildman–Crippen MR) is 123 cm³/mol. The Bertz CT molecular complexity index is 1220. The molecule has 0 radical (unpaired) electrons. The molecule has 33 heavy (non-hydrogen) atoms. The Morgan fingerprint density at radius 3 is 2.76 bits per heavy atom. The van der Waals surface area contributed by atoms with Gasteiger partial charge in [0.25, 0.3) is 0 Å². The van der Waals surface area contributed by atoms with Gasteiger partial charge in [-0.15, -0.1) is 0 Å². The Morgan fingerprint density at radius 1 is 1.24 bits per heavy atom. The SMILES string of the molecule is CC(=O)N1CCN(Cc2nc3cc(F)ccc3cc2CCNc2ncnc(N)c2C#N)CC1. The van der Waals surface area contributed by atoms with Gasteiger partial charge in [0, 0.05) is 57.6 Å². The van der Waals surface area contributed by atoms with Gasteiger partial charge in [0.2, 0.25) is 5.91 Å². The lowest BCUT2D eigenvalue weighted by molar-refractivity contribution is -0.130. The van der Waals surface area contributed by atoms with Gasteiger partial charge in [-0.05, 0) is 30.2 Å². The van der Waals surface area contributed by atoms with Crippen molar-refractivity contribution in [3.63, 3.8) is 0 Å². The Labute approximate surface area is 191 Å². The van der Waals surface area contributed by atoms with E-state index in [-0.39, 0.29) is 23.1 Å². The molecule has 3 aromatic rings. The van der Waals surface area contributed by atoms with Crippen LogP contribution in [0.2, 0.25) is 0 Å². The van der Waals surface area contributed by atoms with Crippen LogP contribution < -0.4 is 11.1 Å². The highest BCUT2D eigenvalue weighted by Gasteiger charge is 2.20. The van der Waals surface area contributed by atoms with E-state index in [2.05, 4.69) is 20.2 Å². The maximum atomic E-state index is 13.8. The van der Waals surface area contributed by atoms with Gasteiger partial charge in [-0.25, -0.2) is 14.4 Å². The Kier molecular flexibility index (Phi) is 6.60. The molecular formula is C23H25FN8O. The lowest BCUT2D eigenvalue weighted by Crippen LogP contribution is -2.47. The van der Waals surface area contributed by atoms with E-state index in [1.807, 2.05) is 17.0 Å². The third kappa shape index (κ3) is 5.15. The molecule has 0 bridgehead atoms. The molecule has 0 unspecified atom stereocenters. The average Bonchev–Trinajstić information content (AvgIpc) is 2.80. The van der Waals surface area contributed by atoms with Crippen LogP contribution >= 0.6 is 0 Å². The van der Waals surface area contributed by atoms with E-state index in [0.717, 1.165) is 29.7 Å². The fourth-order valence-corrected chi connectivity index (χ4v) is 3.97. The highest BCUT2D eigenvalue weighted by atomic mass is 19.1. The molecule has 2 aromatic heterocycles. The summed E-state index contributed by atoms with van der Waals surface area (Å²) in [5.41, 5.74) is 8.48. The second kappa shape index (κ2) is 9.75. The first-order valence-corrected chi connectivity index (χ1v) is 10.7. The molecule has 1 amide bonds. The number of nitrogens with zero attached hydrogens (tertiary/aromatic N) is 6. The van der Waals surface area contributed by atoms with E-state index in [0.29, 0.717) is 43.9 Å². The summed E-state index contributed by atoms with van der Waals surface area (Å²) in [7, 11) is 0. The molecule has 3 N–H and O–H groups in total. The van der Waals surface area contributed by atoms with Crippen molar-refractivity contribution in [2.24, 2.45) is 0 Å². The van der Waals surface area contributed by atoms with Crippen LogP contribution in [0.25, 0.3) is 10.9 Å². The summed E-state index contributed by atoms with van der Waals surface area (Å²) in [4.78, 5) is 28.4. The number of carbonyl (C=O) groups is 1. The van der Waals surface area contributed by atoms with Crippen LogP contribution in [0, 0.1) is 17.1 Å². The van der Waals surface area contributed by atoms with Crippen LogP contribution in [0.1, 0.15) is 23.7 Å². The Morgan fingerprint density at radius 2 is 2.03 bits per heavy atom. The molecule has 1 aliphatic rings. The van der Waals surface area contributed by atoms with Gasteiger partial charge < -0.3 is 16.0 Å². The third-order valence-corrected chi connectivity index (χ3v) is 5.81. The van der Waals surface area contributed by atoms with Crippen LogP contribution in [0.3, 0.4) is 0 Å². The Hall–Kier alpha value is -3.84. The van der Waals surface area contributed by atoms with E-state index in [1.165, 1.54) is 18.5 Å². The zero-order valence-electron chi connectivity index (χ0n) is 18.4. The van der Waals surface area contributed by atoms with E-state index >= 15 is 0 Å². The lowest BCUT2D eigenvalue weighted by atomic mass is 10.1. The minimum absolute atomic E-state index is 0.0859. The van der Waals surface area contributed by atoms with E-state index in [9.17, 15) is 14.4 Å². The van der Waals surface area contributed by atoms with Gasteiger partial charge in [-0.1, -0.05) is 0 Å². The molecule has 0 atom stereocenters. The van der Waals surface area contributed by atoms with Crippen molar-refractivity contribution < 1.29 is 9.18 Å². The lowest BCUT2D eigenvalue weighted by Gasteiger charge is -2.34. The van der Waals surface area contributed by atoms with E-state index < -0.39 is 0 Å². The first-order chi connectivity index (χ1) is 15.9. The molecular weight excluding hydrogens is 423 g/mol. The number of fused-ring (bicyclic) bond motifs is 1. The summed E-state index contributed by atoms with van der Waals surface area (Å²) in [6.45, 7) is 5.57. The summed E-state index contributed by atoms with van der Waals surface area (Å²) in [5.74, 6) is 0.288. The molecule has 0 saturated carbocycles. The number of nitrogens with two attached hydrogens (primary N) is 1. The first-order valence-electron chi connectivity index (χ1n) is 10.7. The fraction of sp³-hybridized carbons (Fsp3) is 0.348. The second-order valence-electron chi connectivity index (χ2n) is 7.98. The number of hydrogen-bond donors (Lipinski definition) is 2. The molecule has 1 saturated heterocycles. The molecule has 1 aromatic carbocycles. The van der Waals surface area contributed by atoms with Crippen molar-refractivity contribution in [3.8, 4) is 6.07 Å². The topological polar surface area (TPSA) is 124 Å². The number of benzene rings is 1. The molecule has 1 aliphatic heterocycles. The van der Waals surface area contributed by atoms with Crippen LogP contribution in [0.4, 0.5) is 16.0 Å². The normalized spacial score (nSPS) is 14.3. The molecule has 170 valence electrons. The quantitative estimate of drug-likeness (QED) is 0.586. The van der Waals surface area contributed by atoms with Crippen LogP contribution in [0.15, 0.2) is 30.6 Å². The van der Waals surface area contributed by atoms with Gasteiger partial charge in [0.15, 0.2) is 0 Å². The molecule has 3 heterocycles. The number of rotatable bonds is 6. The zero-order chi connectivity index (χ0) is 23.4. The van der Waals surface area contributed by atoms with Gasteiger partial charge >= 0.3 is 0 Å². The van der Waals surface area contributed by atoms with E-state index in [1.54, 1.807) is 13.0 Å². The van der Waals surface area contributed by atoms with Crippen molar-refractivity contribution in [3.05, 3.63) is 53.2 Å². The number of halogens is 1. The number of hydrogen-bond acceptors (Lipinski definition) is 8. The molecule has 1 fully saturated rings. The van der Waals surface area contributed by atoms with Gasteiger partial charge in [0.05, 0.1) is 11.2 Å². The predicted octanol–water partition coefficient (Wildman–Crippen LogP) is 1.94. The largest absolute Gasteiger partial charge is 0.382 e. The minimum atomic E-state index is -0.323. The molecule has 4 rings (SSSR count). The van der Waals surface area contributed by atoms with Crippen molar-refractivity contribution in [1.29, 1.82) is 5.26 Å². The maximum absolute atomic E-state index is 13.8. The van der Waals surface area contributed by atoms with Gasteiger partial charge in [-0.3, -0.25) is 14.7 Å². The molecule has 9 nitrogen and oxygen atoms in total. The minimum Gasteiger partial charge on any atom is -0.382 e. The van der Waals surface area contributed by atoms with Crippen LogP contribution in [0.5, 0.6) is 0 Å². The van der Waals surface area contributed by atoms with Gasteiger partial charge in [0.1, 0.15) is 35.4 Å². The third-order valence-electron chi connectivity index (χ3n) is 5.81. The number of piperazine rings is 1. The van der Waals surface area contributed by atoms with Crippen LogP contribution in [-0.2, 0) is 17.8 Å². The number of pyridine rings is 1. The maximum Gasteiger partial charge on any atom is 0.219 e. The molecule has 0 spiro atoms. The zero-order valence-corrected chi connectivity index (χ0v) is 18.4. The number of nitrogens with one attached hydrogen (secondary N) is 1. The Balaban J connectivity index is 1.53. The number of anilines is 2. The van der Waals surface area contributed by atoms with Crippen molar-refractivity contribution in [1.82, 2.24) is 24.8 Å².